The van der Waals surface area contributed by atoms with Crippen LogP contribution in [-0.4, -0.2) is 12.1 Å². The molecule has 0 aromatic heterocycles. The summed E-state index contributed by atoms with van der Waals surface area (Å²) in [5.74, 6) is 1.76. The average molecular weight is 308 g/mol. The maximum atomic E-state index is 6.07. The second-order valence-corrected chi connectivity index (χ2v) is 7.70. The molecule has 1 nitrogen and oxygen atoms in total. The van der Waals surface area contributed by atoms with Crippen LogP contribution < -0.4 is 5.32 Å². The Labute approximate surface area is 135 Å². The first-order valence-electron chi connectivity index (χ1n) is 8.53. The van der Waals surface area contributed by atoms with E-state index in [9.17, 15) is 0 Å². The van der Waals surface area contributed by atoms with E-state index in [0.717, 1.165) is 23.3 Å². The largest absolute Gasteiger partial charge is 0.311 e. The van der Waals surface area contributed by atoms with E-state index in [0.29, 0.717) is 12.1 Å². The van der Waals surface area contributed by atoms with Crippen molar-refractivity contribution in [1.82, 2.24) is 5.32 Å². The molecule has 0 amide bonds. The summed E-state index contributed by atoms with van der Waals surface area (Å²) in [6.07, 6.45) is 7.97. The van der Waals surface area contributed by atoms with Crippen LogP contribution in [0.3, 0.4) is 0 Å². The van der Waals surface area contributed by atoms with Crippen molar-refractivity contribution in [2.45, 2.75) is 71.4 Å². The van der Waals surface area contributed by atoms with Gasteiger partial charge in [0.25, 0.3) is 0 Å². The van der Waals surface area contributed by atoms with Gasteiger partial charge >= 0.3 is 0 Å². The lowest BCUT2D eigenvalue weighted by molar-refractivity contribution is 0.242. The zero-order valence-corrected chi connectivity index (χ0v) is 14.5. The van der Waals surface area contributed by atoms with Crippen molar-refractivity contribution in [2.24, 2.45) is 11.8 Å². The number of nitrogens with one attached hydrogen (secondary N) is 1. The van der Waals surface area contributed by atoms with Gasteiger partial charge in [-0.05, 0) is 62.1 Å². The van der Waals surface area contributed by atoms with Gasteiger partial charge < -0.3 is 5.32 Å². The van der Waals surface area contributed by atoms with Crippen molar-refractivity contribution >= 4 is 11.6 Å². The van der Waals surface area contributed by atoms with Crippen LogP contribution in [0.5, 0.6) is 0 Å². The molecule has 2 rings (SSSR count). The molecule has 1 aromatic rings. The molecule has 0 spiro atoms. The van der Waals surface area contributed by atoms with E-state index in [-0.39, 0.29) is 0 Å². The average Bonchev–Trinajstić information content (AvgIpc) is 2.37. The smallest absolute Gasteiger partial charge is 0.0408 e. The Morgan fingerprint density at radius 1 is 1.24 bits per heavy atom. The quantitative estimate of drug-likeness (QED) is 0.735. The molecule has 0 radical (unpaired) electrons. The molecule has 1 aliphatic carbocycles. The lowest BCUT2D eigenvalue weighted by Gasteiger charge is -2.32. The van der Waals surface area contributed by atoms with Gasteiger partial charge in [0.15, 0.2) is 0 Å². The van der Waals surface area contributed by atoms with Crippen LogP contribution in [0.4, 0.5) is 0 Å². The first-order chi connectivity index (χ1) is 10.0. The van der Waals surface area contributed by atoms with Gasteiger partial charge in [0, 0.05) is 17.1 Å². The third kappa shape index (κ3) is 6.00. The standard InChI is InChI=1S/C19H30ClN/c1-14(2)10-16-7-5-9-19(13-16)21-15(3)11-17-6-4-8-18(20)12-17/h4,6,8,12,14-16,19,21H,5,7,9-11,13H2,1-3H3. The first-order valence-corrected chi connectivity index (χ1v) is 8.91. The van der Waals surface area contributed by atoms with Crippen molar-refractivity contribution in [3.8, 4) is 0 Å². The summed E-state index contributed by atoms with van der Waals surface area (Å²) in [7, 11) is 0. The minimum absolute atomic E-state index is 0.520. The molecule has 21 heavy (non-hydrogen) atoms. The van der Waals surface area contributed by atoms with Gasteiger partial charge in [-0.15, -0.1) is 0 Å². The monoisotopic (exact) mass is 307 g/mol. The van der Waals surface area contributed by atoms with E-state index in [1.165, 1.54) is 37.7 Å². The van der Waals surface area contributed by atoms with Crippen molar-refractivity contribution < 1.29 is 0 Å². The first kappa shape index (κ1) is 16.8. The molecule has 1 saturated carbocycles. The predicted octanol–water partition coefficient (Wildman–Crippen LogP) is 5.47. The third-order valence-electron chi connectivity index (χ3n) is 4.54. The van der Waals surface area contributed by atoms with Gasteiger partial charge in [-0.3, -0.25) is 0 Å². The summed E-state index contributed by atoms with van der Waals surface area (Å²) in [6.45, 7) is 6.99. The normalized spacial score (nSPS) is 24.2. The maximum absolute atomic E-state index is 6.07. The van der Waals surface area contributed by atoms with Crippen molar-refractivity contribution in [2.75, 3.05) is 0 Å². The van der Waals surface area contributed by atoms with Gasteiger partial charge in [-0.25, -0.2) is 0 Å². The SMILES string of the molecule is CC(C)CC1CCCC(NC(C)Cc2cccc(Cl)c2)C1. The highest BCUT2D eigenvalue weighted by atomic mass is 35.5. The maximum Gasteiger partial charge on any atom is 0.0408 e. The van der Waals surface area contributed by atoms with Crippen molar-refractivity contribution in [3.63, 3.8) is 0 Å². The van der Waals surface area contributed by atoms with Crippen LogP contribution >= 0.6 is 11.6 Å². The fourth-order valence-electron chi connectivity index (χ4n) is 3.80. The summed E-state index contributed by atoms with van der Waals surface area (Å²) in [6, 6.07) is 9.47. The van der Waals surface area contributed by atoms with Crippen LogP contribution in [0.1, 0.15) is 58.4 Å². The minimum Gasteiger partial charge on any atom is -0.311 e. The molecule has 118 valence electrons. The fraction of sp³-hybridized carbons (Fsp3) is 0.684. The Balaban J connectivity index is 1.80. The summed E-state index contributed by atoms with van der Waals surface area (Å²) in [5, 5.41) is 4.69. The second kappa shape index (κ2) is 8.19. The zero-order valence-electron chi connectivity index (χ0n) is 13.7. The number of hydrogen-bond acceptors (Lipinski definition) is 1. The topological polar surface area (TPSA) is 12.0 Å². The molecule has 3 unspecified atom stereocenters. The highest BCUT2D eigenvalue weighted by molar-refractivity contribution is 6.30. The van der Waals surface area contributed by atoms with Gasteiger partial charge in [0.2, 0.25) is 0 Å². The fourth-order valence-corrected chi connectivity index (χ4v) is 4.01. The Morgan fingerprint density at radius 3 is 2.76 bits per heavy atom. The molecular weight excluding hydrogens is 278 g/mol. The molecule has 2 heteroatoms. The second-order valence-electron chi connectivity index (χ2n) is 7.26. The number of halogens is 1. The van der Waals surface area contributed by atoms with E-state index in [4.69, 9.17) is 11.6 Å². The van der Waals surface area contributed by atoms with Crippen molar-refractivity contribution in [1.29, 1.82) is 0 Å². The van der Waals surface area contributed by atoms with E-state index < -0.39 is 0 Å². The zero-order chi connectivity index (χ0) is 15.2. The molecule has 1 fully saturated rings. The highest BCUT2D eigenvalue weighted by Crippen LogP contribution is 2.29. The van der Waals surface area contributed by atoms with E-state index in [1.54, 1.807) is 0 Å². The lowest BCUT2D eigenvalue weighted by atomic mass is 9.81. The van der Waals surface area contributed by atoms with Gasteiger partial charge in [0.1, 0.15) is 0 Å². The molecule has 1 N–H and O–H groups in total. The van der Waals surface area contributed by atoms with Gasteiger partial charge in [0.05, 0.1) is 0 Å². The predicted molar refractivity (Wildman–Crippen MR) is 93.0 cm³/mol. The third-order valence-corrected chi connectivity index (χ3v) is 4.77. The lowest BCUT2D eigenvalue weighted by Crippen LogP contribution is -2.40. The molecule has 1 aromatic carbocycles. The van der Waals surface area contributed by atoms with Crippen molar-refractivity contribution in [3.05, 3.63) is 34.9 Å². The Kier molecular flexibility index (Phi) is 6.57. The van der Waals surface area contributed by atoms with E-state index >= 15 is 0 Å². The molecular formula is C19H30ClN. The molecule has 1 aliphatic rings. The number of hydrogen-bond donors (Lipinski definition) is 1. The summed E-state index contributed by atoms with van der Waals surface area (Å²) in [5.41, 5.74) is 1.33. The molecule has 0 aliphatic heterocycles. The molecule has 0 saturated heterocycles. The Bertz CT molecular complexity index is 429. The van der Waals surface area contributed by atoms with Crippen LogP contribution in [0, 0.1) is 11.8 Å². The van der Waals surface area contributed by atoms with Crippen LogP contribution in [-0.2, 0) is 6.42 Å². The van der Waals surface area contributed by atoms with E-state index in [1.807, 2.05) is 12.1 Å². The molecule has 3 atom stereocenters. The Morgan fingerprint density at radius 2 is 2.05 bits per heavy atom. The van der Waals surface area contributed by atoms with Gasteiger partial charge in [-0.1, -0.05) is 50.4 Å². The number of benzene rings is 1. The summed E-state index contributed by atoms with van der Waals surface area (Å²) >= 11 is 6.07. The highest BCUT2D eigenvalue weighted by Gasteiger charge is 2.23. The van der Waals surface area contributed by atoms with Crippen LogP contribution in [0.15, 0.2) is 24.3 Å². The van der Waals surface area contributed by atoms with Gasteiger partial charge in [-0.2, -0.15) is 0 Å². The van der Waals surface area contributed by atoms with E-state index in [2.05, 4.69) is 38.2 Å². The molecule has 0 heterocycles. The summed E-state index contributed by atoms with van der Waals surface area (Å²) in [4.78, 5) is 0. The van der Waals surface area contributed by atoms with Crippen LogP contribution in [0.25, 0.3) is 0 Å². The van der Waals surface area contributed by atoms with Crippen LogP contribution in [0.2, 0.25) is 5.02 Å². The Hall–Kier alpha value is -0.530. The summed E-state index contributed by atoms with van der Waals surface area (Å²) < 4.78 is 0. The number of rotatable bonds is 6. The molecule has 0 bridgehead atoms. The minimum atomic E-state index is 0.520.